The molecule has 0 unspecified atom stereocenters. The van der Waals surface area contributed by atoms with E-state index in [1.807, 2.05) is 0 Å². The molecule has 0 radical (unpaired) electrons. The minimum absolute atomic E-state index is 0.0371. The molecule has 2 rings (SSSR count). The fourth-order valence-corrected chi connectivity index (χ4v) is 2.94. The zero-order chi connectivity index (χ0) is 17.4. The van der Waals surface area contributed by atoms with Gasteiger partial charge in [0.1, 0.15) is 6.61 Å². The lowest BCUT2D eigenvalue weighted by atomic mass is 10.2. The number of amides is 2. The molecule has 1 aromatic rings. The second-order valence-electron chi connectivity index (χ2n) is 5.91. The summed E-state index contributed by atoms with van der Waals surface area (Å²) in [6.45, 7) is 2.30. The number of methoxy groups -OCH3 is 1. The Balaban J connectivity index is 1.88. The van der Waals surface area contributed by atoms with Crippen molar-refractivity contribution in [2.45, 2.75) is 25.7 Å². The van der Waals surface area contributed by atoms with Crippen LogP contribution in [0.25, 0.3) is 0 Å². The normalized spacial score (nSPS) is 15.6. The third-order valence-corrected chi connectivity index (χ3v) is 4.18. The standard InChI is InChI=1S/C17H24ClN3O3/c1-24-12-17(23)20-15-7-6-13(10-14(15)18)19-16(22)11-21-8-4-2-3-5-9-21/h6-7,10H,2-5,8-9,11-12H2,1H3,(H,19,22)(H,20,23). The molecule has 1 heterocycles. The van der Waals surface area contributed by atoms with Crippen molar-refractivity contribution in [1.29, 1.82) is 0 Å². The van der Waals surface area contributed by atoms with Gasteiger partial charge in [0.2, 0.25) is 11.8 Å². The van der Waals surface area contributed by atoms with Gasteiger partial charge in [0.15, 0.2) is 0 Å². The Hall–Kier alpha value is -1.63. The molecule has 1 aromatic carbocycles. The summed E-state index contributed by atoms with van der Waals surface area (Å²) in [5.41, 5.74) is 1.11. The van der Waals surface area contributed by atoms with Gasteiger partial charge in [-0.1, -0.05) is 24.4 Å². The van der Waals surface area contributed by atoms with Crippen molar-refractivity contribution in [3.63, 3.8) is 0 Å². The van der Waals surface area contributed by atoms with E-state index in [4.69, 9.17) is 16.3 Å². The smallest absolute Gasteiger partial charge is 0.250 e. The van der Waals surface area contributed by atoms with Gasteiger partial charge in [-0.2, -0.15) is 0 Å². The second kappa shape index (κ2) is 9.61. The number of anilines is 2. The summed E-state index contributed by atoms with van der Waals surface area (Å²) in [7, 11) is 1.45. The van der Waals surface area contributed by atoms with Crippen LogP contribution >= 0.6 is 11.6 Å². The maximum atomic E-state index is 12.2. The Kier molecular flexibility index (Phi) is 7.49. The lowest BCUT2D eigenvalue weighted by Gasteiger charge is -2.19. The fourth-order valence-electron chi connectivity index (χ4n) is 2.71. The molecule has 1 fully saturated rings. The van der Waals surface area contributed by atoms with Crippen molar-refractivity contribution in [1.82, 2.24) is 4.90 Å². The summed E-state index contributed by atoms with van der Waals surface area (Å²) in [5.74, 6) is -0.332. The predicted octanol–water partition coefficient (Wildman–Crippen LogP) is 2.74. The second-order valence-corrected chi connectivity index (χ2v) is 6.32. The average Bonchev–Trinajstić information content (AvgIpc) is 2.79. The van der Waals surface area contributed by atoms with E-state index in [1.54, 1.807) is 18.2 Å². The molecule has 132 valence electrons. The van der Waals surface area contributed by atoms with Gasteiger partial charge >= 0.3 is 0 Å². The van der Waals surface area contributed by atoms with E-state index in [2.05, 4.69) is 15.5 Å². The van der Waals surface area contributed by atoms with Gasteiger partial charge in [-0.25, -0.2) is 0 Å². The summed E-state index contributed by atoms with van der Waals surface area (Å²) < 4.78 is 4.76. The van der Waals surface area contributed by atoms with Crippen LogP contribution in [0.3, 0.4) is 0 Å². The number of halogens is 1. The number of hydrogen-bond donors (Lipinski definition) is 2. The SMILES string of the molecule is COCC(=O)Nc1ccc(NC(=O)CN2CCCCCC2)cc1Cl. The van der Waals surface area contributed by atoms with Crippen molar-refractivity contribution in [2.75, 3.05) is 44.0 Å². The molecular weight excluding hydrogens is 330 g/mol. The average molecular weight is 354 g/mol. The van der Waals surface area contributed by atoms with E-state index in [0.29, 0.717) is 22.9 Å². The summed E-state index contributed by atoms with van der Waals surface area (Å²) in [4.78, 5) is 25.9. The number of benzene rings is 1. The number of carbonyl (C=O) groups excluding carboxylic acids is 2. The summed E-state index contributed by atoms with van der Waals surface area (Å²) in [5, 5.41) is 5.87. The van der Waals surface area contributed by atoms with E-state index >= 15 is 0 Å². The number of carbonyl (C=O) groups is 2. The van der Waals surface area contributed by atoms with Gasteiger partial charge in [-0.15, -0.1) is 0 Å². The molecule has 0 aliphatic carbocycles. The maximum Gasteiger partial charge on any atom is 0.250 e. The lowest BCUT2D eigenvalue weighted by molar-refractivity contribution is -0.119. The Morgan fingerprint density at radius 2 is 1.83 bits per heavy atom. The molecule has 1 aliphatic heterocycles. The number of ether oxygens (including phenoxy) is 1. The van der Waals surface area contributed by atoms with Crippen molar-refractivity contribution in [2.24, 2.45) is 0 Å². The number of hydrogen-bond acceptors (Lipinski definition) is 4. The first-order valence-corrected chi connectivity index (χ1v) is 8.57. The highest BCUT2D eigenvalue weighted by atomic mass is 35.5. The van der Waals surface area contributed by atoms with Gasteiger partial charge < -0.3 is 15.4 Å². The van der Waals surface area contributed by atoms with E-state index in [1.165, 1.54) is 20.0 Å². The molecule has 0 aromatic heterocycles. The number of nitrogens with one attached hydrogen (secondary N) is 2. The summed E-state index contributed by atoms with van der Waals surface area (Å²) in [6, 6.07) is 5.01. The third-order valence-electron chi connectivity index (χ3n) is 3.87. The van der Waals surface area contributed by atoms with Crippen molar-refractivity contribution < 1.29 is 14.3 Å². The Morgan fingerprint density at radius 3 is 2.46 bits per heavy atom. The van der Waals surface area contributed by atoms with Crippen LogP contribution in [0.15, 0.2) is 18.2 Å². The van der Waals surface area contributed by atoms with Gasteiger partial charge in [0.25, 0.3) is 0 Å². The van der Waals surface area contributed by atoms with Crippen molar-refractivity contribution in [3.8, 4) is 0 Å². The lowest BCUT2D eigenvalue weighted by Crippen LogP contribution is -2.33. The monoisotopic (exact) mass is 353 g/mol. The van der Waals surface area contributed by atoms with Crippen LogP contribution in [0, 0.1) is 0 Å². The number of likely N-dealkylation sites (tertiary alicyclic amines) is 1. The first kappa shape index (κ1) is 18.7. The highest BCUT2D eigenvalue weighted by Crippen LogP contribution is 2.25. The molecule has 2 N–H and O–H groups in total. The van der Waals surface area contributed by atoms with Gasteiger partial charge in [0, 0.05) is 12.8 Å². The first-order chi connectivity index (χ1) is 11.6. The zero-order valence-electron chi connectivity index (χ0n) is 13.9. The topological polar surface area (TPSA) is 70.7 Å². The predicted molar refractivity (Wildman–Crippen MR) is 95.5 cm³/mol. The van der Waals surface area contributed by atoms with Crippen LogP contribution in [-0.4, -0.2) is 50.1 Å². The molecule has 0 saturated carbocycles. The van der Waals surface area contributed by atoms with Gasteiger partial charge in [-0.3, -0.25) is 14.5 Å². The molecule has 1 aliphatic rings. The van der Waals surface area contributed by atoms with Crippen LogP contribution in [-0.2, 0) is 14.3 Å². The third kappa shape index (κ3) is 6.11. The Bertz CT molecular complexity index is 572. The summed E-state index contributed by atoms with van der Waals surface area (Å²) in [6.07, 6.45) is 4.78. The van der Waals surface area contributed by atoms with E-state index < -0.39 is 0 Å². The van der Waals surface area contributed by atoms with Crippen LogP contribution < -0.4 is 10.6 Å². The molecule has 1 saturated heterocycles. The highest BCUT2D eigenvalue weighted by Gasteiger charge is 2.13. The van der Waals surface area contributed by atoms with E-state index in [9.17, 15) is 9.59 Å². The van der Waals surface area contributed by atoms with Crippen LogP contribution in [0.4, 0.5) is 11.4 Å². The molecular formula is C17H24ClN3O3. The number of nitrogens with zero attached hydrogens (tertiary/aromatic N) is 1. The number of rotatable bonds is 6. The van der Waals surface area contributed by atoms with Gasteiger partial charge in [0.05, 0.1) is 17.3 Å². The zero-order valence-corrected chi connectivity index (χ0v) is 14.7. The molecule has 24 heavy (non-hydrogen) atoms. The van der Waals surface area contributed by atoms with Crippen molar-refractivity contribution in [3.05, 3.63) is 23.2 Å². The molecule has 7 heteroatoms. The largest absolute Gasteiger partial charge is 0.375 e. The molecule has 2 amide bonds. The van der Waals surface area contributed by atoms with Crippen LogP contribution in [0.5, 0.6) is 0 Å². The molecule has 6 nitrogen and oxygen atoms in total. The first-order valence-electron chi connectivity index (χ1n) is 8.19. The van der Waals surface area contributed by atoms with E-state index in [-0.39, 0.29) is 18.4 Å². The molecule has 0 spiro atoms. The molecule has 0 bridgehead atoms. The van der Waals surface area contributed by atoms with Gasteiger partial charge in [-0.05, 0) is 44.1 Å². The quantitative estimate of drug-likeness (QED) is 0.825. The minimum atomic E-state index is -0.280. The Labute approximate surface area is 147 Å². The van der Waals surface area contributed by atoms with E-state index in [0.717, 1.165) is 25.9 Å². The van der Waals surface area contributed by atoms with Crippen LogP contribution in [0.1, 0.15) is 25.7 Å². The summed E-state index contributed by atoms with van der Waals surface area (Å²) >= 11 is 6.15. The van der Waals surface area contributed by atoms with Crippen LogP contribution in [0.2, 0.25) is 5.02 Å². The highest BCUT2D eigenvalue weighted by molar-refractivity contribution is 6.34. The molecule has 0 atom stereocenters. The Morgan fingerprint density at radius 1 is 1.12 bits per heavy atom. The van der Waals surface area contributed by atoms with Crippen molar-refractivity contribution >= 4 is 34.8 Å². The fraction of sp³-hybridized carbons (Fsp3) is 0.529. The minimum Gasteiger partial charge on any atom is -0.375 e. The maximum absolute atomic E-state index is 12.2.